The van der Waals surface area contributed by atoms with Gasteiger partial charge in [-0.3, -0.25) is 14.4 Å². The van der Waals surface area contributed by atoms with Crippen molar-refractivity contribution in [1.29, 1.82) is 0 Å². The number of unbranched alkanes of at least 4 members (excludes halogenated alkanes) is 1. The van der Waals surface area contributed by atoms with Crippen molar-refractivity contribution >= 4 is 29.0 Å². The lowest BCUT2D eigenvalue weighted by Crippen LogP contribution is -2.54. The van der Waals surface area contributed by atoms with Crippen LogP contribution in [0.4, 0.5) is 5.69 Å². The van der Waals surface area contributed by atoms with Crippen LogP contribution in [0, 0.1) is 0 Å². The minimum absolute atomic E-state index is 0.0896. The fourth-order valence-electron chi connectivity index (χ4n) is 5.67. The number of nitrogens with zero attached hydrogens (tertiary/aromatic N) is 2. The van der Waals surface area contributed by atoms with Crippen LogP contribution in [-0.2, 0) is 24.7 Å². The van der Waals surface area contributed by atoms with Crippen molar-refractivity contribution in [2.75, 3.05) is 31.2 Å². The zero-order valence-electron chi connectivity index (χ0n) is 21.2. The number of ether oxygens (including phenoxy) is 2. The number of para-hydroxylation sites is 1. The summed E-state index contributed by atoms with van der Waals surface area (Å²) in [4.78, 5) is 44.7. The number of carbonyl (C=O) groups excluding carboxylic acids is 3. The summed E-state index contributed by atoms with van der Waals surface area (Å²) in [7, 11) is 0. The van der Waals surface area contributed by atoms with Crippen molar-refractivity contribution in [3.63, 3.8) is 0 Å². The molecule has 8 nitrogen and oxygen atoms in total. The second kappa shape index (κ2) is 10.0. The molecule has 2 aromatic carbocycles. The van der Waals surface area contributed by atoms with Gasteiger partial charge in [0.2, 0.25) is 0 Å². The number of aliphatic hydroxyl groups is 1. The second-order valence-electron chi connectivity index (χ2n) is 9.60. The molecule has 0 aromatic heterocycles. The van der Waals surface area contributed by atoms with Gasteiger partial charge in [0.1, 0.15) is 11.5 Å². The predicted molar refractivity (Wildman–Crippen MR) is 138 cm³/mol. The van der Waals surface area contributed by atoms with E-state index in [4.69, 9.17) is 9.47 Å². The maximum atomic E-state index is 14.4. The SMILES string of the molecule is CCCCN1C(=O)C2(C(=C(O)c3ccc(OCC)cc3)C(=O)C(=O)N2CC2CCCO2)c2ccccc21. The molecule has 8 heteroatoms. The summed E-state index contributed by atoms with van der Waals surface area (Å²) in [6.07, 6.45) is 2.92. The molecule has 0 aliphatic carbocycles. The predicted octanol–water partition coefficient (Wildman–Crippen LogP) is 3.99. The average molecular weight is 505 g/mol. The van der Waals surface area contributed by atoms with E-state index in [1.54, 1.807) is 41.3 Å². The number of hydrogen-bond acceptors (Lipinski definition) is 6. The Kier molecular flexibility index (Phi) is 6.77. The van der Waals surface area contributed by atoms with Gasteiger partial charge in [-0.1, -0.05) is 31.5 Å². The smallest absolute Gasteiger partial charge is 0.296 e. The van der Waals surface area contributed by atoms with Crippen molar-refractivity contribution in [3.8, 4) is 5.75 Å². The van der Waals surface area contributed by atoms with Crippen LogP contribution in [0.5, 0.6) is 5.75 Å². The maximum Gasteiger partial charge on any atom is 0.296 e. The van der Waals surface area contributed by atoms with E-state index in [-0.39, 0.29) is 24.0 Å². The van der Waals surface area contributed by atoms with Crippen molar-refractivity contribution < 1.29 is 29.0 Å². The molecule has 3 heterocycles. The van der Waals surface area contributed by atoms with E-state index >= 15 is 0 Å². The van der Waals surface area contributed by atoms with Gasteiger partial charge < -0.3 is 24.4 Å². The van der Waals surface area contributed by atoms with Crippen molar-refractivity contribution in [3.05, 3.63) is 65.2 Å². The molecule has 2 aromatic rings. The van der Waals surface area contributed by atoms with Crippen LogP contribution >= 0.6 is 0 Å². The number of rotatable bonds is 8. The zero-order chi connectivity index (χ0) is 26.2. The van der Waals surface area contributed by atoms with Gasteiger partial charge in [0.05, 0.1) is 24.0 Å². The van der Waals surface area contributed by atoms with Gasteiger partial charge in [-0.05, 0) is 56.5 Å². The number of carbonyl (C=O) groups is 3. The molecule has 37 heavy (non-hydrogen) atoms. The first kappa shape index (κ1) is 25.0. The Hall–Kier alpha value is -3.65. The topological polar surface area (TPSA) is 96.4 Å². The highest BCUT2D eigenvalue weighted by molar-refractivity contribution is 6.50. The first-order chi connectivity index (χ1) is 17.9. The molecule has 2 atom stereocenters. The minimum Gasteiger partial charge on any atom is -0.507 e. The highest BCUT2D eigenvalue weighted by atomic mass is 16.5. The van der Waals surface area contributed by atoms with Crippen LogP contribution < -0.4 is 9.64 Å². The molecule has 5 rings (SSSR count). The molecular formula is C29H32N2O6. The Morgan fingerprint density at radius 2 is 1.86 bits per heavy atom. The number of hydrogen-bond donors (Lipinski definition) is 1. The van der Waals surface area contributed by atoms with Gasteiger partial charge >= 0.3 is 0 Å². The molecule has 2 saturated heterocycles. The third-order valence-electron chi connectivity index (χ3n) is 7.39. The number of ketones is 1. The molecular weight excluding hydrogens is 472 g/mol. The Morgan fingerprint density at radius 1 is 1.11 bits per heavy atom. The van der Waals surface area contributed by atoms with E-state index < -0.39 is 23.1 Å². The van der Waals surface area contributed by atoms with Gasteiger partial charge in [-0.2, -0.15) is 0 Å². The summed E-state index contributed by atoms with van der Waals surface area (Å²) in [5, 5.41) is 11.6. The monoisotopic (exact) mass is 504 g/mol. The lowest BCUT2D eigenvalue weighted by molar-refractivity contribution is -0.145. The van der Waals surface area contributed by atoms with Crippen LogP contribution in [0.2, 0.25) is 0 Å². The maximum absolute atomic E-state index is 14.4. The number of amides is 2. The number of fused-ring (bicyclic) bond motifs is 2. The largest absolute Gasteiger partial charge is 0.507 e. The highest BCUT2D eigenvalue weighted by Crippen LogP contribution is 2.54. The quantitative estimate of drug-likeness (QED) is 0.332. The molecule has 1 spiro atoms. The fourth-order valence-corrected chi connectivity index (χ4v) is 5.67. The molecule has 2 fully saturated rings. The second-order valence-corrected chi connectivity index (χ2v) is 9.60. The van der Waals surface area contributed by atoms with E-state index in [0.29, 0.717) is 42.3 Å². The Morgan fingerprint density at radius 3 is 2.54 bits per heavy atom. The Balaban J connectivity index is 1.73. The minimum atomic E-state index is -1.76. The van der Waals surface area contributed by atoms with Gasteiger partial charge in [0.15, 0.2) is 5.54 Å². The molecule has 1 N–H and O–H groups in total. The zero-order valence-corrected chi connectivity index (χ0v) is 21.2. The number of aliphatic hydroxyl groups excluding tert-OH is 1. The van der Waals surface area contributed by atoms with Crippen molar-refractivity contribution in [2.45, 2.75) is 51.2 Å². The molecule has 3 aliphatic heterocycles. The average Bonchev–Trinajstić information content (AvgIpc) is 3.57. The molecule has 0 saturated carbocycles. The van der Waals surface area contributed by atoms with Gasteiger partial charge in [0.25, 0.3) is 17.6 Å². The third kappa shape index (κ3) is 3.91. The molecule has 194 valence electrons. The molecule has 3 aliphatic rings. The van der Waals surface area contributed by atoms with E-state index in [0.717, 1.165) is 25.7 Å². The van der Waals surface area contributed by atoms with Gasteiger partial charge in [0, 0.05) is 30.8 Å². The van der Waals surface area contributed by atoms with Crippen molar-refractivity contribution in [2.24, 2.45) is 0 Å². The lowest BCUT2D eigenvalue weighted by atomic mass is 9.81. The molecule has 0 radical (unpaired) electrons. The lowest BCUT2D eigenvalue weighted by Gasteiger charge is -2.35. The number of benzene rings is 2. The summed E-state index contributed by atoms with van der Waals surface area (Å²) in [6, 6.07) is 13.9. The van der Waals surface area contributed by atoms with Gasteiger partial charge in [-0.15, -0.1) is 0 Å². The van der Waals surface area contributed by atoms with E-state index in [9.17, 15) is 19.5 Å². The summed E-state index contributed by atoms with van der Waals surface area (Å²) >= 11 is 0. The van der Waals surface area contributed by atoms with Crippen LogP contribution in [0.3, 0.4) is 0 Å². The molecule has 2 unspecified atom stereocenters. The highest BCUT2D eigenvalue weighted by Gasteiger charge is 2.67. The van der Waals surface area contributed by atoms with Crippen LogP contribution in [0.15, 0.2) is 54.1 Å². The van der Waals surface area contributed by atoms with E-state index in [2.05, 4.69) is 0 Å². The van der Waals surface area contributed by atoms with Crippen LogP contribution in [-0.4, -0.2) is 60.0 Å². The first-order valence-electron chi connectivity index (χ1n) is 13.0. The van der Waals surface area contributed by atoms with Crippen molar-refractivity contribution in [1.82, 2.24) is 4.90 Å². The van der Waals surface area contributed by atoms with Gasteiger partial charge in [-0.25, -0.2) is 0 Å². The summed E-state index contributed by atoms with van der Waals surface area (Å²) in [5.74, 6) is -1.84. The normalized spacial score (nSPS) is 24.4. The standard InChI is InChI=1S/C29H32N2O6/c1-3-5-16-30-23-11-7-6-10-22(23)29(28(30)35)24(25(32)19-12-14-20(15-13-19)36-4-2)26(33)27(34)31(29)18-21-9-8-17-37-21/h6-7,10-15,21,32H,3-5,8-9,16-18H2,1-2H3. The molecule has 0 bridgehead atoms. The van der Waals surface area contributed by atoms with E-state index in [1.165, 1.54) is 4.90 Å². The summed E-state index contributed by atoms with van der Waals surface area (Å²) in [5.41, 5.74) is -0.447. The summed E-state index contributed by atoms with van der Waals surface area (Å²) in [6.45, 7) is 5.50. The molecule has 2 amide bonds. The Bertz CT molecular complexity index is 1250. The summed E-state index contributed by atoms with van der Waals surface area (Å²) < 4.78 is 11.3. The van der Waals surface area contributed by atoms with Crippen LogP contribution in [0.1, 0.15) is 50.7 Å². The number of likely N-dealkylation sites (tertiary alicyclic amines) is 1. The van der Waals surface area contributed by atoms with E-state index in [1.807, 2.05) is 26.0 Å². The first-order valence-corrected chi connectivity index (χ1v) is 13.0. The number of anilines is 1. The van der Waals surface area contributed by atoms with Crippen LogP contribution in [0.25, 0.3) is 5.76 Å². The third-order valence-corrected chi connectivity index (χ3v) is 7.39. The Labute approximate surface area is 216 Å². The fraction of sp³-hybridized carbons (Fsp3) is 0.414. The number of Topliss-reactive ketones (excluding diaryl/α,β-unsaturated/α-hetero) is 1.